The van der Waals surface area contributed by atoms with Crippen LogP contribution in [-0.2, 0) is 4.79 Å². The van der Waals surface area contributed by atoms with Crippen LogP contribution in [-0.4, -0.2) is 49.2 Å². The van der Waals surface area contributed by atoms with Gasteiger partial charge in [-0.1, -0.05) is 6.92 Å². The summed E-state index contributed by atoms with van der Waals surface area (Å²) in [6.45, 7) is 2.88. The number of benzene rings is 1. The quantitative estimate of drug-likeness (QED) is 0.758. The minimum atomic E-state index is -0.864. The molecule has 0 heterocycles. The molecular formula is C16H23NO5. The van der Waals surface area contributed by atoms with E-state index in [9.17, 15) is 9.59 Å². The number of carboxylic acids is 1. The Bertz CT molecular complexity index is 515. The van der Waals surface area contributed by atoms with Crippen LogP contribution in [0.3, 0.4) is 0 Å². The second kappa shape index (κ2) is 8.92. The van der Waals surface area contributed by atoms with Gasteiger partial charge in [-0.15, -0.1) is 0 Å². The molecule has 0 aromatic heterocycles. The molecule has 6 heteroatoms. The average Bonchev–Trinajstić information content (AvgIpc) is 2.51. The predicted octanol–water partition coefficient (Wildman–Crippen LogP) is 2.42. The molecule has 0 atom stereocenters. The average molecular weight is 309 g/mol. The Kier molecular flexibility index (Phi) is 7.22. The summed E-state index contributed by atoms with van der Waals surface area (Å²) in [6.07, 6.45) is 1.29. The summed E-state index contributed by atoms with van der Waals surface area (Å²) in [7, 11) is 3.20. The van der Waals surface area contributed by atoms with Crippen LogP contribution in [0.15, 0.2) is 18.2 Å². The second-order valence-corrected chi connectivity index (χ2v) is 4.93. The van der Waals surface area contributed by atoms with Gasteiger partial charge in [-0.3, -0.25) is 9.59 Å². The molecule has 0 aliphatic rings. The van der Waals surface area contributed by atoms with Crippen LogP contribution in [0.1, 0.15) is 36.5 Å². The number of rotatable bonds is 9. The van der Waals surface area contributed by atoms with Gasteiger partial charge in [-0.05, 0) is 25.0 Å². The lowest BCUT2D eigenvalue weighted by Crippen LogP contribution is -2.28. The minimum Gasteiger partial charge on any atom is -0.497 e. The van der Waals surface area contributed by atoms with E-state index >= 15 is 0 Å². The summed E-state index contributed by atoms with van der Waals surface area (Å²) in [4.78, 5) is 24.5. The van der Waals surface area contributed by atoms with E-state index in [4.69, 9.17) is 14.6 Å². The van der Waals surface area contributed by atoms with Crippen LogP contribution in [0.25, 0.3) is 0 Å². The van der Waals surface area contributed by atoms with E-state index in [1.165, 1.54) is 4.90 Å². The zero-order valence-corrected chi connectivity index (χ0v) is 13.3. The fourth-order valence-corrected chi connectivity index (χ4v) is 1.91. The van der Waals surface area contributed by atoms with Crippen LogP contribution in [0.4, 0.5) is 0 Å². The number of ether oxygens (including phenoxy) is 2. The van der Waals surface area contributed by atoms with Crippen LogP contribution < -0.4 is 9.47 Å². The molecule has 122 valence electrons. The van der Waals surface area contributed by atoms with E-state index in [0.29, 0.717) is 36.6 Å². The van der Waals surface area contributed by atoms with E-state index in [1.54, 1.807) is 32.4 Å². The highest BCUT2D eigenvalue weighted by Gasteiger charge is 2.17. The molecule has 1 amide bonds. The van der Waals surface area contributed by atoms with Crippen molar-refractivity contribution in [2.75, 3.05) is 27.3 Å². The first-order valence-corrected chi connectivity index (χ1v) is 7.27. The third-order valence-corrected chi connectivity index (χ3v) is 3.11. The number of nitrogens with zero attached hydrogens (tertiary/aromatic N) is 1. The third-order valence-electron chi connectivity index (χ3n) is 3.11. The lowest BCUT2D eigenvalue weighted by atomic mass is 10.1. The van der Waals surface area contributed by atoms with Crippen LogP contribution in [0, 0.1) is 0 Å². The number of carbonyl (C=O) groups is 2. The number of carboxylic acid groups (broad SMARTS) is 1. The Hall–Kier alpha value is -2.24. The first-order valence-electron chi connectivity index (χ1n) is 7.27. The van der Waals surface area contributed by atoms with Crippen LogP contribution >= 0.6 is 0 Å². The summed E-state index contributed by atoms with van der Waals surface area (Å²) in [5, 5.41) is 8.64. The lowest BCUT2D eigenvalue weighted by Gasteiger charge is -2.19. The summed E-state index contributed by atoms with van der Waals surface area (Å²) in [5.41, 5.74) is 0.451. The van der Waals surface area contributed by atoms with Crippen molar-refractivity contribution in [3.63, 3.8) is 0 Å². The molecule has 1 N–H and O–H groups in total. The Morgan fingerprint density at radius 2 is 2.05 bits per heavy atom. The molecule has 1 aromatic carbocycles. The molecule has 22 heavy (non-hydrogen) atoms. The first kappa shape index (κ1) is 17.8. The Morgan fingerprint density at radius 3 is 2.64 bits per heavy atom. The molecular weight excluding hydrogens is 286 g/mol. The van der Waals surface area contributed by atoms with Crippen molar-refractivity contribution in [2.45, 2.75) is 26.2 Å². The van der Waals surface area contributed by atoms with E-state index < -0.39 is 5.97 Å². The highest BCUT2D eigenvalue weighted by molar-refractivity contribution is 5.97. The van der Waals surface area contributed by atoms with Crippen LogP contribution in [0.2, 0.25) is 0 Å². The molecule has 0 radical (unpaired) electrons. The molecule has 1 rings (SSSR count). The highest BCUT2D eigenvalue weighted by atomic mass is 16.5. The molecule has 0 aliphatic carbocycles. The largest absolute Gasteiger partial charge is 0.497 e. The Labute approximate surface area is 130 Å². The smallest absolute Gasteiger partial charge is 0.303 e. The van der Waals surface area contributed by atoms with Gasteiger partial charge < -0.3 is 19.5 Å². The van der Waals surface area contributed by atoms with E-state index in [0.717, 1.165) is 6.42 Å². The van der Waals surface area contributed by atoms with Gasteiger partial charge in [0.2, 0.25) is 0 Å². The van der Waals surface area contributed by atoms with Gasteiger partial charge in [-0.2, -0.15) is 0 Å². The maximum absolute atomic E-state index is 12.5. The van der Waals surface area contributed by atoms with Gasteiger partial charge >= 0.3 is 5.97 Å². The van der Waals surface area contributed by atoms with Crippen LogP contribution in [0.5, 0.6) is 11.5 Å². The normalized spacial score (nSPS) is 10.1. The fraction of sp³-hybridized carbons (Fsp3) is 0.500. The first-order chi connectivity index (χ1) is 10.5. The summed E-state index contributed by atoms with van der Waals surface area (Å²) in [5.74, 6) is 0.0453. The summed E-state index contributed by atoms with van der Waals surface area (Å²) in [6, 6.07) is 5.06. The SMILES string of the molecule is CCCOc1cc(OC)ccc1C(=O)N(C)CCCC(=O)O. The number of hydrogen-bond donors (Lipinski definition) is 1. The number of amides is 1. The van der Waals surface area contributed by atoms with Crippen molar-refractivity contribution in [3.05, 3.63) is 23.8 Å². The van der Waals surface area contributed by atoms with Crippen molar-refractivity contribution in [1.82, 2.24) is 4.90 Å². The van der Waals surface area contributed by atoms with E-state index in [-0.39, 0.29) is 12.3 Å². The second-order valence-electron chi connectivity index (χ2n) is 4.93. The summed E-state index contributed by atoms with van der Waals surface area (Å²) < 4.78 is 10.8. The maximum Gasteiger partial charge on any atom is 0.303 e. The fourth-order valence-electron chi connectivity index (χ4n) is 1.91. The zero-order valence-electron chi connectivity index (χ0n) is 13.3. The Balaban J connectivity index is 2.83. The molecule has 0 spiro atoms. The molecule has 0 bridgehead atoms. The van der Waals surface area contributed by atoms with Gasteiger partial charge in [0, 0.05) is 26.1 Å². The van der Waals surface area contributed by atoms with Crippen molar-refractivity contribution in [1.29, 1.82) is 0 Å². The zero-order chi connectivity index (χ0) is 16.5. The standard InChI is InChI=1S/C16H23NO5/c1-4-10-22-14-11-12(21-3)7-8-13(14)16(20)17(2)9-5-6-15(18)19/h7-8,11H,4-6,9-10H2,1-3H3,(H,18,19). The van der Waals surface area contributed by atoms with Gasteiger partial charge in [0.1, 0.15) is 11.5 Å². The van der Waals surface area contributed by atoms with Gasteiger partial charge in [0.15, 0.2) is 0 Å². The monoisotopic (exact) mass is 309 g/mol. The van der Waals surface area contributed by atoms with Gasteiger partial charge in [-0.25, -0.2) is 0 Å². The number of hydrogen-bond acceptors (Lipinski definition) is 4. The van der Waals surface area contributed by atoms with Crippen molar-refractivity contribution in [3.8, 4) is 11.5 Å². The molecule has 1 aromatic rings. The molecule has 6 nitrogen and oxygen atoms in total. The third kappa shape index (κ3) is 5.27. The summed E-state index contributed by atoms with van der Waals surface area (Å²) >= 11 is 0. The lowest BCUT2D eigenvalue weighted by molar-refractivity contribution is -0.137. The minimum absolute atomic E-state index is 0.0411. The molecule has 0 unspecified atom stereocenters. The Morgan fingerprint density at radius 1 is 1.32 bits per heavy atom. The number of carbonyl (C=O) groups excluding carboxylic acids is 1. The number of methoxy groups -OCH3 is 1. The van der Waals surface area contributed by atoms with Gasteiger partial charge in [0.05, 0.1) is 19.3 Å². The van der Waals surface area contributed by atoms with Crippen molar-refractivity contribution >= 4 is 11.9 Å². The molecule has 0 saturated heterocycles. The van der Waals surface area contributed by atoms with E-state index in [2.05, 4.69) is 0 Å². The predicted molar refractivity (Wildman–Crippen MR) is 82.6 cm³/mol. The van der Waals surface area contributed by atoms with Crippen molar-refractivity contribution < 1.29 is 24.2 Å². The maximum atomic E-state index is 12.5. The van der Waals surface area contributed by atoms with Crippen molar-refractivity contribution in [2.24, 2.45) is 0 Å². The molecule has 0 saturated carbocycles. The van der Waals surface area contributed by atoms with E-state index in [1.807, 2.05) is 6.92 Å². The highest BCUT2D eigenvalue weighted by Crippen LogP contribution is 2.26. The topological polar surface area (TPSA) is 76.1 Å². The van der Waals surface area contributed by atoms with Gasteiger partial charge in [0.25, 0.3) is 5.91 Å². The number of aliphatic carboxylic acids is 1. The molecule has 0 fully saturated rings. The molecule has 0 aliphatic heterocycles.